The molecular weight excluding hydrogens is 274 g/mol. The van der Waals surface area contributed by atoms with Crippen LogP contribution >= 0.6 is 11.6 Å². The molecule has 0 atom stereocenters. The number of hydrogen-bond donors (Lipinski definition) is 2. The first-order valence-electron chi connectivity index (χ1n) is 6.41. The Morgan fingerprint density at radius 3 is 2.55 bits per heavy atom. The van der Waals surface area contributed by atoms with Crippen LogP contribution in [0.4, 0.5) is 5.82 Å². The maximum Gasteiger partial charge on any atom is 0.256 e. The van der Waals surface area contributed by atoms with Crippen molar-refractivity contribution in [1.29, 1.82) is 0 Å². The molecule has 0 aliphatic heterocycles. The van der Waals surface area contributed by atoms with Gasteiger partial charge in [-0.25, -0.2) is 0 Å². The minimum atomic E-state index is -0.223. The fourth-order valence-electron chi connectivity index (χ4n) is 1.69. The molecule has 5 heteroatoms. The number of aryl methyl sites for hydroxylation is 1. The first-order chi connectivity index (χ1) is 9.27. The minimum absolute atomic E-state index is 0.0385. The third kappa shape index (κ3) is 3.20. The van der Waals surface area contributed by atoms with Gasteiger partial charge in [0.25, 0.3) is 5.91 Å². The fraction of sp³-hybridized carbons (Fsp3) is 0.333. The highest BCUT2D eigenvalue weighted by atomic mass is 35.5. The SMILES string of the molecule is Cc1ccc(C(=O)Nc2cc(C(C)(C)C)[nH]n2)cc1Cl. The van der Waals surface area contributed by atoms with Crippen LogP contribution in [0.15, 0.2) is 24.3 Å². The molecule has 20 heavy (non-hydrogen) atoms. The molecule has 1 heterocycles. The van der Waals surface area contributed by atoms with Crippen molar-refractivity contribution in [1.82, 2.24) is 10.2 Å². The number of aromatic nitrogens is 2. The lowest BCUT2D eigenvalue weighted by Gasteiger charge is -2.14. The van der Waals surface area contributed by atoms with Gasteiger partial charge in [0.1, 0.15) is 0 Å². The predicted molar refractivity (Wildman–Crippen MR) is 81.4 cm³/mol. The van der Waals surface area contributed by atoms with Crippen molar-refractivity contribution in [3.63, 3.8) is 0 Å². The predicted octanol–water partition coefficient (Wildman–Crippen LogP) is 3.92. The van der Waals surface area contributed by atoms with E-state index in [4.69, 9.17) is 11.6 Å². The van der Waals surface area contributed by atoms with Gasteiger partial charge in [0, 0.05) is 27.8 Å². The van der Waals surface area contributed by atoms with Crippen LogP contribution in [-0.2, 0) is 5.41 Å². The number of amides is 1. The summed E-state index contributed by atoms with van der Waals surface area (Å²) in [4.78, 5) is 12.1. The van der Waals surface area contributed by atoms with Gasteiger partial charge in [-0.2, -0.15) is 5.10 Å². The standard InChI is InChI=1S/C15H18ClN3O/c1-9-5-6-10(7-11(9)16)14(20)17-13-8-12(18-19-13)15(2,3)4/h5-8H,1-4H3,(H2,17,18,19,20). The Morgan fingerprint density at radius 1 is 1.30 bits per heavy atom. The van der Waals surface area contributed by atoms with E-state index < -0.39 is 0 Å². The molecular formula is C15H18ClN3O. The van der Waals surface area contributed by atoms with Crippen LogP contribution < -0.4 is 5.32 Å². The van der Waals surface area contributed by atoms with Crippen LogP contribution in [0.5, 0.6) is 0 Å². The number of carbonyl (C=O) groups excluding carboxylic acids is 1. The van der Waals surface area contributed by atoms with E-state index in [0.29, 0.717) is 16.4 Å². The van der Waals surface area contributed by atoms with Crippen molar-refractivity contribution >= 4 is 23.3 Å². The van der Waals surface area contributed by atoms with Crippen molar-refractivity contribution in [2.45, 2.75) is 33.1 Å². The number of carbonyl (C=O) groups is 1. The topological polar surface area (TPSA) is 57.8 Å². The third-order valence-electron chi connectivity index (χ3n) is 3.06. The monoisotopic (exact) mass is 291 g/mol. The largest absolute Gasteiger partial charge is 0.305 e. The molecule has 1 aromatic heterocycles. The number of anilines is 1. The number of nitrogens with zero attached hydrogens (tertiary/aromatic N) is 1. The van der Waals surface area contributed by atoms with E-state index in [0.717, 1.165) is 11.3 Å². The molecule has 4 nitrogen and oxygen atoms in total. The van der Waals surface area contributed by atoms with E-state index in [9.17, 15) is 4.79 Å². The Hall–Kier alpha value is -1.81. The Kier molecular flexibility index (Phi) is 3.86. The quantitative estimate of drug-likeness (QED) is 0.881. The second-order valence-electron chi connectivity index (χ2n) is 5.83. The van der Waals surface area contributed by atoms with Crippen LogP contribution in [0.3, 0.4) is 0 Å². The van der Waals surface area contributed by atoms with E-state index in [1.54, 1.807) is 12.1 Å². The second kappa shape index (κ2) is 5.29. The summed E-state index contributed by atoms with van der Waals surface area (Å²) in [5.41, 5.74) is 2.39. The summed E-state index contributed by atoms with van der Waals surface area (Å²) in [6.07, 6.45) is 0. The van der Waals surface area contributed by atoms with Crippen LogP contribution in [-0.4, -0.2) is 16.1 Å². The minimum Gasteiger partial charge on any atom is -0.305 e. The van der Waals surface area contributed by atoms with Crippen molar-refractivity contribution in [2.24, 2.45) is 0 Å². The molecule has 1 amide bonds. The van der Waals surface area contributed by atoms with E-state index in [-0.39, 0.29) is 11.3 Å². The average molecular weight is 292 g/mol. The lowest BCUT2D eigenvalue weighted by atomic mass is 9.92. The zero-order valence-corrected chi connectivity index (χ0v) is 12.8. The van der Waals surface area contributed by atoms with Gasteiger partial charge in [-0.05, 0) is 24.6 Å². The number of halogens is 1. The van der Waals surface area contributed by atoms with Crippen LogP contribution in [0, 0.1) is 6.92 Å². The number of rotatable bonds is 2. The summed E-state index contributed by atoms with van der Waals surface area (Å²) >= 11 is 6.02. The number of nitrogens with one attached hydrogen (secondary N) is 2. The summed E-state index contributed by atoms with van der Waals surface area (Å²) in [5.74, 6) is 0.287. The van der Waals surface area contributed by atoms with Crippen molar-refractivity contribution < 1.29 is 4.79 Å². The Balaban J connectivity index is 2.15. The number of benzene rings is 1. The van der Waals surface area contributed by atoms with Crippen molar-refractivity contribution in [3.05, 3.63) is 46.1 Å². The second-order valence-corrected chi connectivity index (χ2v) is 6.24. The molecule has 0 fully saturated rings. The van der Waals surface area contributed by atoms with Gasteiger partial charge in [-0.1, -0.05) is 38.4 Å². The number of aromatic amines is 1. The molecule has 0 aliphatic rings. The molecule has 0 saturated heterocycles. The Labute approximate surface area is 123 Å². The molecule has 2 N–H and O–H groups in total. The molecule has 2 rings (SSSR count). The van der Waals surface area contributed by atoms with E-state index in [2.05, 4.69) is 36.3 Å². The molecule has 0 aliphatic carbocycles. The summed E-state index contributed by atoms with van der Waals surface area (Å²) < 4.78 is 0. The van der Waals surface area contributed by atoms with Gasteiger partial charge in [0.15, 0.2) is 5.82 Å². The van der Waals surface area contributed by atoms with Gasteiger partial charge in [-0.15, -0.1) is 0 Å². The molecule has 0 bridgehead atoms. The van der Waals surface area contributed by atoms with Gasteiger partial charge in [-0.3, -0.25) is 9.89 Å². The Bertz CT molecular complexity index is 641. The maximum absolute atomic E-state index is 12.1. The summed E-state index contributed by atoms with van der Waals surface area (Å²) in [7, 11) is 0. The highest BCUT2D eigenvalue weighted by Crippen LogP contribution is 2.22. The summed E-state index contributed by atoms with van der Waals surface area (Å²) in [6, 6.07) is 7.06. The lowest BCUT2D eigenvalue weighted by Crippen LogP contribution is -2.12. The molecule has 1 aromatic carbocycles. The lowest BCUT2D eigenvalue weighted by molar-refractivity contribution is 0.102. The normalized spacial score (nSPS) is 11.4. The van der Waals surface area contributed by atoms with Crippen LogP contribution in [0.1, 0.15) is 42.4 Å². The van der Waals surface area contributed by atoms with Crippen LogP contribution in [0.25, 0.3) is 0 Å². The highest BCUT2D eigenvalue weighted by molar-refractivity contribution is 6.31. The molecule has 0 spiro atoms. The number of hydrogen-bond acceptors (Lipinski definition) is 2. The van der Waals surface area contributed by atoms with E-state index in [1.165, 1.54) is 0 Å². The zero-order valence-electron chi connectivity index (χ0n) is 12.0. The zero-order chi connectivity index (χ0) is 14.9. The van der Waals surface area contributed by atoms with Gasteiger partial charge in [0.05, 0.1) is 0 Å². The molecule has 106 valence electrons. The highest BCUT2D eigenvalue weighted by Gasteiger charge is 2.17. The van der Waals surface area contributed by atoms with E-state index >= 15 is 0 Å². The smallest absolute Gasteiger partial charge is 0.256 e. The summed E-state index contributed by atoms with van der Waals surface area (Å²) in [6.45, 7) is 8.12. The first kappa shape index (κ1) is 14.6. The van der Waals surface area contributed by atoms with Gasteiger partial charge < -0.3 is 5.32 Å². The first-order valence-corrected chi connectivity index (χ1v) is 6.78. The van der Waals surface area contributed by atoms with Crippen molar-refractivity contribution in [2.75, 3.05) is 5.32 Å². The number of H-pyrrole nitrogens is 1. The fourth-order valence-corrected chi connectivity index (χ4v) is 1.87. The average Bonchev–Trinajstić information content (AvgIpc) is 2.81. The third-order valence-corrected chi connectivity index (χ3v) is 3.47. The van der Waals surface area contributed by atoms with Gasteiger partial charge in [0.2, 0.25) is 0 Å². The van der Waals surface area contributed by atoms with Crippen molar-refractivity contribution in [3.8, 4) is 0 Å². The molecule has 0 saturated carbocycles. The Morgan fingerprint density at radius 2 is 2.00 bits per heavy atom. The summed E-state index contributed by atoms with van der Waals surface area (Å²) in [5, 5.41) is 10.4. The molecule has 2 aromatic rings. The van der Waals surface area contributed by atoms with Crippen LogP contribution in [0.2, 0.25) is 5.02 Å². The van der Waals surface area contributed by atoms with Gasteiger partial charge >= 0.3 is 0 Å². The van der Waals surface area contributed by atoms with E-state index in [1.807, 2.05) is 19.1 Å². The molecule has 0 unspecified atom stereocenters. The molecule has 0 radical (unpaired) electrons. The maximum atomic E-state index is 12.1.